The Balaban J connectivity index is 2.92. The van der Waals surface area contributed by atoms with Gasteiger partial charge in [0, 0.05) is 18.2 Å². The number of terminal acetylenes is 1. The van der Waals surface area contributed by atoms with Gasteiger partial charge in [0.15, 0.2) is 0 Å². The zero-order chi connectivity index (χ0) is 12.0. The molecule has 0 saturated heterocycles. The maximum Gasteiger partial charge on any atom is 0.319 e. The van der Waals surface area contributed by atoms with Crippen molar-refractivity contribution in [3.8, 4) is 18.1 Å². The molecule has 84 valence electrons. The summed E-state index contributed by atoms with van der Waals surface area (Å²) in [6.45, 7) is 2.40. The molecule has 0 aliphatic carbocycles. The standard InChI is InChI=1S/C12H14N2O2/c1-4-9-6-7-10(16-3)8-11(9)14-12(15)13-5-2/h1,6-8H,5H2,2-3H3,(H2,13,14,15). The third-order valence-electron chi connectivity index (χ3n) is 1.97. The lowest BCUT2D eigenvalue weighted by molar-refractivity contribution is 0.252. The first-order valence-corrected chi connectivity index (χ1v) is 4.90. The molecule has 0 unspecified atom stereocenters. The molecular formula is C12H14N2O2. The van der Waals surface area contributed by atoms with Gasteiger partial charge in [-0.1, -0.05) is 5.92 Å². The van der Waals surface area contributed by atoms with Crippen molar-refractivity contribution in [3.05, 3.63) is 23.8 Å². The van der Waals surface area contributed by atoms with Gasteiger partial charge in [-0.25, -0.2) is 4.79 Å². The summed E-state index contributed by atoms with van der Waals surface area (Å²) in [7, 11) is 1.56. The molecule has 16 heavy (non-hydrogen) atoms. The van der Waals surface area contributed by atoms with Gasteiger partial charge in [0.25, 0.3) is 0 Å². The van der Waals surface area contributed by atoms with E-state index in [4.69, 9.17) is 11.2 Å². The van der Waals surface area contributed by atoms with E-state index in [1.165, 1.54) is 0 Å². The van der Waals surface area contributed by atoms with Crippen LogP contribution in [0.3, 0.4) is 0 Å². The summed E-state index contributed by atoms with van der Waals surface area (Å²) in [5, 5.41) is 5.29. The van der Waals surface area contributed by atoms with Crippen molar-refractivity contribution in [1.82, 2.24) is 5.32 Å². The van der Waals surface area contributed by atoms with Crippen LogP contribution >= 0.6 is 0 Å². The van der Waals surface area contributed by atoms with Crippen LogP contribution in [-0.4, -0.2) is 19.7 Å². The van der Waals surface area contributed by atoms with E-state index in [9.17, 15) is 4.79 Å². The first kappa shape index (κ1) is 11.9. The SMILES string of the molecule is C#Cc1ccc(OC)cc1NC(=O)NCC. The fourth-order valence-electron chi connectivity index (χ4n) is 1.21. The van der Waals surface area contributed by atoms with Crippen LogP contribution in [0.5, 0.6) is 5.75 Å². The highest BCUT2D eigenvalue weighted by Crippen LogP contribution is 2.21. The molecule has 0 aromatic heterocycles. The van der Waals surface area contributed by atoms with Crippen molar-refractivity contribution < 1.29 is 9.53 Å². The van der Waals surface area contributed by atoms with E-state index >= 15 is 0 Å². The van der Waals surface area contributed by atoms with Crippen molar-refractivity contribution in [2.24, 2.45) is 0 Å². The Morgan fingerprint density at radius 3 is 2.88 bits per heavy atom. The van der Waals surface area contributed by atoms with Gasteiger partial charge in [-0.3, -0.25) is 0 Å². The van der Waals surface area contributed by atoms with Gasteiger partial charge in [-0.15, -0.1) is 6.42 Å². The van der Waals surface area contributed by atoms with Crippen LogP contribution in [0.1, 0.15) is 12.5 Å². The number of benzene rings is 1. The molecular weight excluding hydrogens is 204 g/mol. The number of anilines is 1. The van der Waals surface area contributed by atoms with Crippen molar-refractivity contribution in [1.29, 1.82) is 0 Å². The molecule has 2 amide bonds. The average molecular weight is 218 g/mol. The Morgan fingerprint density at radius 1 is 1.56 bits per heavy atom. The highest BCUT2D eigenvalue weighted by molar-refractivity contribution is 5.91. The number of carbonyl (C=O) groups excluding carboxylic acids is 1. The molecule has 0 fully saturated rings. The fourth-order valence-corrected chi connectivity index (χ4v) is 1.21. The van der Waals surface area contributed by atoms with E-state index in [1.807, 2.05) is 6.92 Å². The Labute approximate surface area is 95.0 Å². The highest BCUT2D eigenvalue weighted by Gasteiger charge is 2.05. The third kappa shape index (κ3) is 2.92. The van der Waals surface area contributed by atoms with Gasteiger partial charge in [-0.2, -0.15) is 0 Å². The Morgan fingerprint density at radius 2 is 2.31 bits per heavy atom. The Kier molecular flexibility index (Phi) is 4.22. The van der Waals surface area contributed by atoms with Crippen molar-refractivity contribution >= 4 is 11.7 Å². The maximum atomic E-state index is 11.3. The molecule has 0 saturated carbocycles. The molecule has 0 bridgehead atoms. The van der Waals surface area contributed by atoms with Crippen LogP contribution in [0.4, 0.5) is 10.5 Å². The number of rotatable bonds is 3. The third-order valence-corrected chi connectivity index (χ3v) is 1.97. The number of hydrogen-bond donors (Lipinski definition) is 2. The lowest BCUT2D eigenvalue weighted by atomic mass is 10.2. The quantitative estimate of drug-likeness (QED) is 0.760. The molecule has 2 N–H and O–H groups in total. The van der Waals surface area contributed by atoms with Gasteiger partial charge in [0.1, 0.15) is 5.75 Å². The molecule has 0 heterocycles. The molecule has 1 aromatic rings. The first-order chi connectivity index (χ1) is 7.71. The first-order valence-electron chi connectivity index (χ1n) is 4.90. The lowest BCUT2D eigenvalue weighted by Crippen LogP contribution is -2.28. The minimum Gasteiger partial charge on any atom is -0.497 e. The van der Waals surface area contributed by atoms with Gasteiger partial charge >= 0.3 is 6.03 Å². The summed E-state index contributed by atoms with van der Waals surface area (Å²) in [5.41, 5.74) is 1.18. The summed E-state index contributed by atoms with van der Waals surface area (Å²) in [6.07, 6.45) is 5.33. The normalized spacial score (nSPS) is 9.06. The molecule has 1 aromatic carbocycles. The topological polar surface area (TPSA) is 50.4 Å². The molecule has 0 aliphatic rings. The van der Waals surface area contributed by atoms with Crippen LogP contribution in [0.2, 0.25) is 0 Å². The monoisotopic (exact) mass is 218 g/mol. The second kappa shape index (κ2) is 5.66. The van der Waals surface area contributed by atoms with E-state index in [-0.39, 0.29) is 6.03 Å². The predicted octanol–water partition coefficient (Wildman–Crippen LogP) is 1.82. The maximum absolute atomic E-state index is 11.3. The molecule has 4 nitrogen and oxygen atoms in total. The molecule has 4 heteroatoms. The summed E-state index contributed by atoms with van der Waals surface area (Å²) in [5.74, 6) is 3.14. The summed E-state index contributed by atoms with van der Waals surface area (Å²) < 4.78 is 5.06. The summed E-state index contributed by atoms with van der Waals surface area (Å²) in [4.78, 5) is 11.3. The van der Waals surface area contributed by atoms with Crippen LogP contribution < -0.4 is 15.4 Å². The van der Waals surface area contributed by atoms with E-state index in [0.717, 1.165) is 0 Å². The van der Waals surface area contributed by atoms with Crippen molar-refractivity contribution in [2.75, 3.05) is 19.0 Å². The number of hydrogen-bond acceptors (Lipinski definition) is 2. The Bertz CT molecular complexity index is 422. The number of urea groups is 1. The molecule has 0 spiro atoms. The number of nitrogens with one attached hydrogen (secondary N) is 2. The van der Waals surface area contributed by atoms with E-state index < -0.39 is 0 Å². The fraction of sp³-hybridized carbons (Fsp3) is 0.250. The van der Waals surface area contributed by atoms with Gasteiger partial charge in [0.05, 0.1) is 12.8 Å². The second-order valence-corrected chi connectivity index (χ2v) is 3.04. The predicted molar refractivity (Wildman–Crippen MR) is 63.6 cm³/mol. The van der Waals surface area contributed by atoms with Gasteiger partial charge in [0.2, 0.25) is 0 Å². The second-order valence-electron chi connectivity index (χ2n) is 3.04. The van der Waals surface area contributed by atoms with Crippen LogP contribution in [0, 0.1) is 12.3 Å². The largest absolute Gasteiger partial charge is 0.497 e. The van der Waals surface area contributed by atoms with Gasteiger partial charge < -0.3 is 15.4 Å². The number of carbonyl (C=O) groups is 1. The number of amides is 2. The summed E-state index contributed by atoms with van der Waals surface area (Å²) in [6, 6.07) is 4.87. The van der Waals surface area contributed by atoms with E-state index in [1.54, 1.807) is 25.3 Å². The van der Waals surface area contributed by atoms with Crippen molar-refractivity contribution in [2.45, 2.75) is 6.92 Å². The van der Waals surface area contributed by atoms with Crippen LogP contribution in [0.15, 0.2) is 18.2 Å². The number of methoxy groups -OCH3 is 1. The minimum absolute atomic E-state index is 0.285. The smallest absolute Gasteiger partial charge is 0.319 e. The Hall–Kier alpha value is -2.15. The molecule has 1 rings (SSSR count). The molecule has 0 radical (unpaired) electrons. The van der Waals surface area contributed by atoms with E-state index in [0.29, 0.717) is 23.5 Å². The molecule has 0 aliphatic heterocycles. The van der Waals surface area contributed by atoms with Crippen LogP contribution in [-0.2, 0) is 0 Å². The zero-order valence-electron chi connectivity index (χ0n) is 9.33. The van der Waals surface area contributed by atoms with E-state index in [2.05, 4.69) is 16.6 Å². The average Bonchev–Trinajstić information content (AvgIpc) is 2.29. The minimum atomic E-state index is -0.285. The zero-order valence-corrected chi connectivity index (χ0v) is 9.33. The summed E-state index contributed by atoms with van der Waals surface area (Å²) >= 11 is 0. The van der Waals surface area contributed by atoms with Crippen molar-refractivity contribution in [3.63, 3.8) is 0 Å². The molecule has 0 atom stereocenters. The number of ether oxygens (including phenoxy) is 1. The lowest BCUT2D eigenvalue weighted by Gasteiger charge is -2.09. The van der Waals surface area contributed by atoms with Gasteiger partial charge in [-0.05, 0) is 19.1 Å². The van der Waals surface area contributed by atoms with Crippen LogP contribution in [0.25, 0.3) is 0 Å². The highest BCUT2D eigenvalue weighted by atomic mass is 16.5.